The lowest BCUT2D eigenvalue weighted by Crippen LogP contribution is -2.58. The van der Waals surface area contributed by atoms with Gasteiger partial charge in [0.25, 0.3) is 5.91 Å². The number of pyridine rings is 1. The molecule has 1 atom stereocenters. The topological polar surface area (TPSA) is 72.0 Å². The summed E-state index contributed by atoms with van der Waals surface area (Å²) in [6.45, 7) is 0.929. The Hall–Kier alpha value is -3.87. The van der Waals surface area contributed by atoms with Gasteiger partial charge in [0.15, 0.2) is 0 Å². The molecule has 4 rings (SSSR count). The molecule has 0 N–H and O–H groups in total. The molecular formula is C26H27N3O4. The molecule has 2 heterocycles. The minimum Gasteiger partial charge on any atom is -0.497 e. The van der Waals surface area contributed by atoms with Gasteiger partial charge < -0.3 is 19.3 Å². The second-order valence-corrected chi connectivity index (χ2v) is 7.99. The van der Waals surface area contributed by atoms with Crippen molar-refractivity contribution >= 4 is 11.8 Å². The number of methoxy groups -OCH3 is 2. The van der Waals surface area contributed by atoms with Crippen LogP contribution in [0.25, 0.3) is 11.1 Å². The molecule has 0 bridgehead atoms. The molecule has 0 radical (unpaired) electrons. The van der Waals surface area contributed by atoms with Gasteiger partial charge in [-0.2, -0.15) is 0 Å². The first kappa shape index (κ1) is 22.3. The first-order chi connectivity index (χ1) is 16.0. The third kappa shape index (κ3) is 4.67. The van der Waals surface area contributed by atoms with Crippen molar-refractivity contribution in [2.24, 2.45) is 0 Å². The van der Waals surface area contributed by atoms with Gasteiger partial charge >= 0.3 is 0 Å². The summed E-state index contributed by atoms with van der Waals surface area (Å²) in [6.07, 6.45) is 3.97. The molecule has 1 fully saturated rings. The van der Waals surface area contributed by atoms with Gasteiger partial charge in [-0.05, 0) is 34.9 Å². The van der Waals surface area contributed by atoms with E-state index in [9.17, 15) is 9.59 Å². The van der Waals surface area contributed by atoms with Crippen LogP contribution in [0.4, 0.5) is 0 Å². The summed E-state index contributed by atoms with van der Waals surface area (Å²) in [6, 6.07) is 16.4. The number of rotatable bonds is 6. The van der Waals surface area contributed by atoms with Crippen LogP contribution in [0, 0.1) is 0 Å². The maximum absolute atomic E-state index is 13.5. The fourth-order valence-corrected chi connectivity index (χ4v) is 4.12. The van der Waals surface area contributed by atoms with Crippen LogP contribution in [0.15, 0.2) is 67.0 Å². The molecule has 170 valence electrons. The molecule has 1 saturated heterocycles. The Morgan fingerprint density at radius 1 is 1.03 bits per heavy atom. The SMILES string of the molecule is COc1ccc(C(=O)N2CCN(C)C(=O)C2Cc2cccc(-c3cccnc3)c2)c(OC)c1. The highest BCUT2D eigenvalue weighted by Gasteiger charge is 2.37. The minimum atomic E-state index is -0.604. The third-order valence-electron chi connectivity index (χ3n) is 5.96. The molecule has 1 unspecified atom stereocenters. The zero-order chi connectivity index (χ0) is 23.4. The highest BCUT2D eigenvalue weighted by atomic mass is 16.5. The number of nitrogens with zero attached hydrogens (tertiary/aromatic N) is 3. The van der Waals surface area contributed by atoms with E-state index in [4.69, 9.17) is 9.47 Å². The van der Waals surface area contributed by atoms with Crippen LogP contribution in [0.1, 0.15) is 15.9 Å². The number of hydrogen-bond donors (Lipinski definition) is 0. The number of carbonyl (C=O) groups is 2. The maximum Gasteiger partial charge on any atom is 0.258 e. The lowest BCUT2D eigenvalue weighted by Gasteiger charge is -2.39. The predicted molar refractivity (Wildman–Crippen MR) is 125 cm³/mol. The standard InChI is InChI=1S/C26H27N3O4/c1-28-12-13-29(25(30)22-10-9-21(32-2)16-24(22)33-3)23(26(28)31)15-18-6-4-7-19(14-18)20-8-5-11-27-17-20/h4-11,14,16-17,23H,12-13,15H2,1-3H3. The molecule has 1 aliphatic heterocycles. The van der Waals surface area contributed by atoms with Gasteiger partial charge in [0.05, 0.1) is 19.8 Å². The summed E-state index contributed by atoms with van der Waals surface area (Å²) in [7, 11) is 4.85. The number of likely N-dealkylation sites (N-methyl/N-ethyl adjacent to an activating group) is 1. The van der Waals surface area contributed by atoms with E-state index in [1.54, 1.807) is 48.4 Å². The Kier molecular flexibility index (Phi) is 6.58. The van der Waals surface area contributed by atoms with Gasteiger partial charge in [-0.25, -0.2) is 0 Å². The van der Waals surface area contributed by atoms with Gasteiger partial charge in [0.2, 0.25) is 5.91 Å². The van der Waals surface area contributed by atoms with E-state index in [2.05, 4.69) is 11.1 Å². The molecule has 0 aliphatic carbocycles. The quantitative estimate of drug-likeness (QED) is 0.582. The molecule has 2 aromatic carbocycles. The Morgan fingerprint density at radius 3 is 2.58 bits per heavy atom. The second-order valence-electron chi connectivity index (χ2n) is 7.99. The summed E-state index contributed by atoms with van der Waals surface area (Å²) < 4.78 is 10.7. The molecule has 2 amide bonds. The van der Waals surface area contributed by atoms with Crippen LogP contribution in [0.2, 0.25) is 0 Å². The minimum absolute atomic E-state index is 0.0751. The highest BCUT2D eigenvalue weighted by molar-refractivity contribution is 6.00. The molecular weight excluding hydrogens is 418 g/mol. The smallest absolute Gasteiger partial charge is 0.258 e. The van der Waals surface area contributed by atoms with Crippen molar-refractivity contribution in [1.29, 1.82) is 0 Å². The fourth-order valence-electron chi connectivity index (χ4n) is 4.12. The lowest BCUT2D eigenvalue weighted by atomic mass is 9.97. The van der Waals surface area contributed by atoms with Crippen molar-refractivity contribution in [3.63, 3.8) is 0 Å². The average Bonchev–Trinajstić information content (AvgIpc) is 2.87. The zero-order valence-electron chi connectivity index (χ0n) is 19.0. The van der Waals surface area contributed by atoms with Crippen molar-refractivity contribution in [3.8, 4) is 22.6 Å². The van der Waals surface area contributed by atoms with Crippen LogP contribution in [-0.2, 0) is 11.2 Å². The van der Waals surface area contributed by atoms with Gasteiger partial charge in [0.1, 0.15) is 17.5 Å². The van der Waals surface area contributed by atoms with Crippen molar-refractivity contribution in [2.45, 2.75) is 12.5 Å². The van der Waals surface area contributed by atoms with Crippen molar-refractivity contribution in [2.75, 3.05) is 34.4 Å². The number of amides is 2. The fraction of sp³-hybridized carbons (Fsp3) is 0.269. The van der Waals surface area contributed by atoms with Crippen LogP contribution in [-0.4, -0.2) is 67.0 Å². The number of piperazine rings is 1. The summed E-state index contributed by atoms with van der Waals surface area (Å²) in [4.78, 5) is 34.2. The molecule has 7 heteroatoms. The zero-order valence-corrected chi connectivity index (χ0v) is 19.0. The Morgan fingerprint density at radius 2 is 1.85 bits per heavy atom. The number of benzene rings is 2. The van der Waals surface area contributed by atoms with Gasteiger partial charge in [0, 0.05) is 45.0 Å². The van der Waals surface area contributed by atoms with Gasteiger partial charge in [-0.3, -0.25) is 14.6 Å². The largest absolute Gasteiger partial charge is 0.497 e. The van der Waals surface area contributed by atoms with E-state index >= 15 is 0 Å². The highest BCUT2D eigenvalue weighted by Crippen LogP contribution is 2.28. The molecule has 0 saturated carbocycles. The van der Waals surface area contributed by atoms with Crippen LogP contribution >= 0.6 is 0 Å². The molecule has 33 heavy (non-hydrogen) atoms. The Labute approximate surface area is 193 Å². The van der Waals surface area contributed by atoms with E-state index in [-0.39, 0.29) is 11.8 Å². The number of aromatic nitrogens is 1. The van der Waals surface area contributed by atoms with Crippen LogP contribution in [0.3, 0.4) is 0 Å². The lowest BCUT2D eigenvalue weighted by molar-refractivity contribution is -0.138. The Bertz CT molecular complexity index is 1150. The van der Waals surface area contributed by atoms with Gasteiger partial charge in [-0.15, -0.1) is 0 Å². The molecule has 0 spiro atoms. The van der Waals surface area contributed by atoms with E-state index in [0.717, 1.165) is 16.7 Å². The number of carbonyl (C=O) groups excluding carboxylic acids is 2. The monoisotopic (exact) mass is 445 g/mol. The predicted octanol–water partition coefficient (Wildman–Crippen LogP) is 3.29. The average molecular weight is 446 g/mol. The van der Waals surface area contributed by atoms with E-state index in [1.807, 2.05) is 36.5 Å². The first-order valence-corrected chi connectivity index (χ1v) is 10.8. The normalized spacial score (nSPS) is 16.0. The maximum atomic E-state index is 13.5. The Balaban J connectivity index is 1.64. The van der Waals surface area contributed by atoms with Crippen LogP contribution < -0.4 is 9.47 Å². The summed E-state index contributed by atoms with van der Waals surface area (Å²) in [5.41, 5.74) is 3.41. The first-order valence-electron chi connectivity index (χ1n) is 10.8. The van der Waals surface area contributed by atoms with Gasteiger partial charge in [-0.1, -0.05) is 30.3 Å². The molecule has 3 aromatic rings. The summed E-state index contributed by atoms with van der Waals surface area (Å²) in [5, 5.41) is 0. The van der Waals surface area contributed by atoms with Crippen LogP contribution in [0.5, 0.6) is 11.5 Å². The van der Waals surface area contributed by atoms with E-state index in [0.29, 0.717) is 36.6 Å². The molecule has 1 aliphatic rings. The number of ether oxygens (including phenoxy) is 2. The third-order valence-corrected chi connectivity index (χ3v) is 5.96. The van der Waals surface area contributed by atoms with Crippen molar-refractivity contribution < 1.29 is 19.1 Å². The second kappa shape index (κ2) is 9.73. The van der Waals surface area contributed by atoms with Crippen molar-refractivity contribution in [1.82, 2.24) is 14.8 Å². The molecule has 1 aromatic heterocycles. The summed E-state index contributed by atoms with van der Waals surface area (Å²) in [5.74, 6) is 0.711. The van der Waals surface area contributed by atoms with E-state index < -0.39 is 6.04 Å². The number of hydrogen-bond acceptors (Lipinski definition) is 5. The summed E-state index contributed by atoms with van der Waals surface area (Å²) >= 11 is 0. The molecule has 7 nitrogen and oxygen atoms in total. The van der Waals surface area contributed by atoms with E-state index in [1.165, 1.54) is 7.11 Å². The van der Waals surface area contributed by atoms with Crippen molar-refractivity contribution in [3.05, 3.63) is 78.1 Å².